The van der Waals surface area contributed by atoms with Crippen molar-refractivity contribution in [3.63, 3.8) is 0 Å². The molecule has 0 saturated heterocycles. The average Bonchev–Trinajstić information content (AvgIpc) is 2.53. The van der Waals surface area contributed by atoms with Gasteiger partial charge in [0.05, 0.1) is 11.8 Å². The van der Waals surface area contributed by atoms with Crippen LogP contribution in [0.5, 0.6) is 0 Å². The summed E-state index contributed by atoms with van der Waals surface area (Å²) in [5.74, 6) is 0.322. The van der Waals surface area contributed by atoms with Gasteiger partial charge < -0.3 is 10.4 Å². The minimum absolute atomic E-state index is 0.0818. The fourth-order valence-electron chi connectivity index (χ4n) is 2.50. The third kappa shape index (κ3) is 4.26. The molecular formula is C16H22N4O4. The number of rotatable bonds is 5. The van der Waals surface area contributed by atoms with Gasteiger partial charge in [0.1, 0.15) is 5.69 Å². The fraction of sp³-hybridized carbons (Fsp3) is 0.312. The molecule has 130 valence electrons. The summed E-state index contributed by atoms with van der Waals surface area (Å²) in [6.07, 6.45) is 3.75. The van der Waals surface area contributed by atoms with E-state index in [9.17, 15) is 15.6 Å². The average molecular weight is 334 g/mol. The first kappa shape index (κ1) is 18.3. The molecule has 0 aliphatic heterocycles. The van der Waals surface area contributed by atoms with Crippen LogP contribution in [-0.2, 0) is 0 Å². The van der Waals surface area contributed by atoms with E-state index in [1.165, 1.54) is 12.1 Å². The predicted molar refractivity (Wildman–Crippen MR) is 90.3 cm³/mol. The molecule has 0 amide bonds. The zero-order chi connectivity index (χ0) is 17.9. The Hall–Kier alpha value is -2.07. The number of hydrazone groups is 1. The minimum atomic E-state index is -1.21. The third-order valence-corrected chi connectivity index (χ3v) is 4.11. The van der Waals surface area contributed by atoms with Crippen molar-refractivity contribution in [2.45, 2.75) is 26.7 Å². The number of hydrogen-bond donors (Lipinski definition) is 5. The van der Waals surface area contributed by atoms with Crippen molar-refractivity contribution in [2.75, 3.05) is 5.43 Å². The maximum absolute atomic E-state index is 11.3. The molecule has 8 heteroatoms. The SMILES string of the molecule is C=C(C)C1CC=C(C)C(=NNc2ccc([NH+]([O-])O)cc2[NH+]([O-])O)C1. The van der Waals surface area contributed by atoms with Gasteiger partial charge in [0, 0.05) is 6.07 Å². The van der Waals surface area contributed by atoms with Crippen molar-refractivity contribution < 1.29 is 20.9 Å². The molecule has 0 radical (unpaired) electrons. The Labute approximate surface area is 140 Å². The lowest BCUT2D eigenvalue weighted by molar-refractivity contribution is -0.996. The number of benzene rings is 1. The first-order chi connectivity index (χ1) is 11.3. The lowest BCUT2D eigenvalue weighted by atomic mass is 9.85. The first-order valence-corrected chi connectivity index (χ1v) is 7.55. The van der Waals surface area contributed by atoms with E-state index >= 15 is 0 Å². The first-order valence-electron chi connectivity index (χ1n) is 7.55. The van der Waals surface area contributed by atoms with Crippen LogP contribution >= 0.6 is 0 Å². The standard InChI is InChI=1S/C16H22N4O4/c1-10(2)12-5-4-11(3)15(8-12)18-17-14-7-6-13(19(21)22)9-16(14)20(23)24/h4,6-7,9,12,17,19-21,23H,1,5,8H2,2-3H3. The molecule has 24 heavy (non-hydrogen) atoms. The highest BCUT2D eigenvalue weighted by Gasteiger charge is 2.19. The van der Waals surface area contributed by atoms with Crippen LogP contribution in [-0.4, -0.2) is 16.1 Å². The van der Waals surface area contributed by atoms with Crippen molar-refractivity contribution >= 4 is 22.8 Å². The molecule has 1 aliphatic rings. The molecule has 5 N–H and O–H groups in total. The van der Waals surface area contributed by atoms with E-state index < -0.39 is 10.5 Å². The van der Waals surface area contributed by atoms with Crippen LogP contribution in [0.25, 0.3) is 0 Å². The molecule has 0 fully saturated rings. The van der Waals surface area contributed by atoms with Crippen molar-refractivity contribution in [1.29, 1.82) is 0 Å². The predicted octanol–water partition coefficient (Wildman–Crippen LogP) is 1.19. The highest BCUT2D eigenvalue weighted by Crippen LogP contribution is 2.27. The number of nitrogens with one attached hydrogen (secondary N) is 3. The van der Waals surface area contributed by atoms with E-state index in [1.54, 1.807) is 0 Å². The summed E-state index contributed by atoms with van der Waals surface area (Å²) in [4.78, 5) is 0. The molecule has 1 aromatic rings. The lowest BCUT2D eigenvalue weighted by Crippen LogP contribution is -3.00. The van der Waals surface area contributed by atoms with Crippen LogP contribution < -0.4 is 15.9 Å². The second-order valence-electron chi connectivity index (χ2n) is 5.91. The van der Waals surface area contributed by atoms with Crippen LogP contribution in [0.4, 0.5) is 17.1 Å². The summed E-state index contributed by atoms with van der Waals surface area (Å²) in [5.41, 5.74) is 5.77. The normalized spacial score (nSPS) is 22.0. The van der Waals surface area contributed by atoms with E-state index in [0.717, 1.165) is 35.8 Å². The number of allylic oxidation sites excluding steroid dienone is 3. The molecule has 0 heterocycles. The third-order valence-electron chi connectivity index (χ3n) is 4.11. The zero-order valence-corrected chi connectivity index (χ0v) is 13.7. The molecular weight excluding hydrogens is 312 g/mol. The van der Waals surface area contributed by atoms with Gasteiger partial charge in [-0.05, 0) is 44.2 Å². The Morgan fingerprint density at radius 1 is 1.33 bits per heavy atom. The zero-order valence-electron chi connectivity index (χ0n) is 13.7. The molecule has 0 spiro atoms. The Bertz CT molecular complexity index is 683. The van der Waals surface area contributed by atoms with Crippen molar-refractivity contribution in [2.24, 2.45) is 11.0 Å². The van der Waals surface area contributed by atoms with Crippen molar-refractivity contribution in [3.05, 3.63) is 52.4 Å². The largest absolute Gasteiger partial charge is 0.595 e. The lowest BCUT2D eigenvalue weighted by Gasteiger charge is -2.23. The Morgan fingerprint density at radius 3 is 2.62 bits per heavy atom. The van der Waals surface area contributed by atoms with Gasteiger partial charge in [-0.1, -0.05) is 18.2 Å². The van der Waals surface area contributed by atoms with Crippen LogP contribution in [0.1, 0.15) is 26.7 Å². The van der Waals surface area contributed by atoms with Gasteiger partial charge in [-0.15, -0.1) is 0 Å². The van der Waals surface area contributed by atoms with E-state index in [4.69, 9.17) is 5.21 Å². The van der Waals surface area contributed by atoms with Gasteiger partial charge in [0.25, 0.3) is 0 Å². The molecule has 0 aromatic heterocycles. The van der Waals surface area contributed by atoms with Crippen LogP contribution in [0.2, 0.25) is 0 Å². The Kier molecular flexibility index (Phi) is 5.84. The van der Waals surface area contributed by atoms with Crippen LogP contribution in [0.3, 0.4) is 0 Å². The van der Waals surface area contributed by atoms with Crippen LogP contribution in [0, 0.1) is 16.3 Å². The molecule has 0 saturated carbocycles. The van der Waals surface area contributed by atoms with Gasteiger partial charge in [-0.3, -0.25) is 5.43 Å². The van der Waals surface area contributed by atoms with E-state index in [2.05, 4.69) is 23.2 Å². The molecule has 8 nitrogen and oxygen atoms in total. The molecule has 1 aromatic carbocycles. The molecule has 3 unspecified atom stereocenters. The summed E-state index contributed by atoms with van der Waals surface area (Å²) < 4.78 is 0. The topological polar surface area (TPSA) is 120 Å². The van der Waals surface area contributed by atoms with Gasteiger partial charge in [0.2, 0.25) is 0 Å². The summed E-state index contributed by atoms with van der Waals surface area (Å²) in [5, 5.41) is 42.5. The second-order valence-corrected chi connectivity index (χ2v) is 5.91. The molecule has 1 aliphatic carbocycles. The minimum Gasteiger partial charge on any atom is -0.595 e. The van der Waals surface area contributed by atoms with E-state index in [1.807, 2.05) is 13.8 Å². The molecule has 2 rings (SSSR count). The van der Waals surface area contributed by atoms with Crippen molar-refractivity contribution in [1.82, 2.24) is 0 Å². The molecule has 0 bridgehead atoms. The van der Waals surface area contributed by atoms with E-state index in [0.29, 0.717) is 5.92 Å². The molecule has 3 atom stereocenters. The summed E-state index contributed by atoms with van der Waals surface area (Å²) in [6.45, 7) is 7.92. The maximum atomic E-state index is 11.3. The monoisotopic (exact) mass is 334 g/mol. The number of anilines is 1. The number of hydrogen-bond acceptors (Lipinski definition) is 6. The van der Waals surface area contributed by atoms with Gasteiger partial charge >= 0.3 is 0 Å². The Balaban J connectivity index is 2.26. The Morgan fingerprint density at radius 2 is 2.04 bits per heavy atom. The highest BCUT2D eigenvalue weighted by atomic mass is 16.8. The summed E-state index contributed by atoms with van der Waals surface area (Å²) in [6, 6.07) is 3.88. The van der Waals surface area contributed by atoms with Gasteiger partial charge in [-0.25, -0.2) is 10.4 Å². The number of quaternary nitrogens is 2. The second kappa shape index (κ2) is 7.67. The van der Waals surface area contributed by atoms with Gasteiger partial charge in [-0.2, -0.15) is 15.6 Å². The smallest absolute Gasteiger partial charge is 0.195 e. The van der Waals surface area contributed by atoms with Gasteiger partial charge in [0.15, 0.2) is 11.4 Å². The maximum Gasteiger partial charge on any atom is 0.195 e. The van der Waals surface area contributed by atoms with Crippen LogP contribution in [0.15, 0.2) is 47.1 Å². The highest BCUT2D eigenvalue weighted by molar-refractivity contribution is 6.01. The number of nitrogens with zero attached hydrogens (tertiary/aromatic N) is 1. The summed E-state index contributed by atoms with van der Waals surface area (Å²) in [7, 11) is 0. The van der Waals surface area contributed by atoms with E-state index in [-0.39, 0.29) is 17.1 Å². The van der Waals surface area contributed by atoms with Crippen molar-refractivity contribution in [3.8, 4) is 0 Å². The fourth-order valence-corrected chi connectivity index (χ4v) is 2.50. The summed E-state index contributed by atoms with van der Waals surface area (Å²) >= 11 is 0. The quantitative estimate of drug-likeness (QED) is 0.409.